The van der Waals surface area contributed by atoms with Gasteiger partial charge in [0.1, 0.15) is 12.4 Å². The van der Waals surface area contributed by atoms with E-state index in [1.165, 1.54) is 12.1 Å². The van der Waals surface area contributed by atoms with E-state index in [4.69, 9.17) is 14.3 Å². The number of nitrogens with one attached hydrogen (secondary N) is 1. The molecule has 0 aliphatic carbocycles. The van der Waals surface area contributed by atoms with E-state index in [9.17, 15) is 18.0 Å². The quantitative estimate of drug-likeness (QED) is 0.434. The van der Waals surface area contributed by atoms with Gasteiger partial charge in [0.25, 0.3) is 5.91 Å². The number of nitrogens with zero attached hydrogens (tertiary/aromatic N) is 1. The molecule has 3 rings (SSSR count). The summed E-state index contributed by atoms with van der Waals surface area (Å²) in [5, 5.41) is 6.85. The van der Waals surface area contributed by atoms with Crippen LogP contribution in [0.15, 0.2) is 66.0 Å². The third-order valence-electron chi connectivity index (χ3n) is 4.97. The molecule has 1 amide bonds. The molecule has 176 valence electrons. The number of oxime groups is 1. The molecule has 9 heteroatoms. The molecule has 0 saturated heterocycles. The number of carbonyl (C=O) groups is 1. The molecular weight excluding hydrogens is 437 g/mol. The van der Waals surface area contributed by atoms with Gasteiger partial charge in [-0.3, -0.25) is 4.79 Å². The van der Waals surface area contributed by atoms with Gasteiger partial charge >= 0.3 is 6.18 Å². The van der Waals surface area contributed by atoms with Gasteiger partial charge in [-0.2, -0.15) is 13.2 Å². The van der Waals surface area contributed by atoms with E-state index in [2.05, 4.69) is 10.5 Å². The molecule has 0 radical (unpaired) electrons. The van der Waals surface area contributed by atoms with Gasteiger partial charge in [-0.15, -0.1) is 0 Å². The van der Waals surface area contributed by atoms with Crippen LogP contribution >= 0.6 is 0 Å². The van der Waals surface area contributed by atoms with Crippen LogP contribution in [0.3, 0.4) is 0 Å². The standard InChI is InChI=1S/C24H25F3N2O4/c1-17(29-33-15-19-2-6-21(7-3-19)24(25,26)27)20-4-8-22(9-5-20)32-16-23(30)28-14-18-10-12-31-13-11-18/h2-10,12,18H,11,13-16H2,1H3,(H,28,30). The molecule has 1 N–H and O–H groups in total. The lowest BCUT2D eigenvalue weighted by Gasteiger charge is -2.17. The summed E-state index contributed by atoms with van der Waals surface area (Å²) in [7, 11) is 0. The Hall–Kier alpha value is -3.49. The van der Waals surface area contributed by atoms with Crippen molar-refractivity contribution in [1.29, 1.82) is 0 Å². The Morgan fingerprint density at radius 1 is 1.15 bits per heavy atom. The van der Waals surface area contributed by atoms with Crippen molar-refractivity contribution < 1.29 is 32.3 Å². The highest BCUT2D eigenvalue weighted by molar-refractivity contribution is 5.98. The summed E-state index contributed by atoms with van der Waals surface area (Å²) in [5.74, 6) is 0.609. The zero-order valence-corrected chi connectivity index (χ0v) is 18.1. The van der Waals surface area contributed by atoms with Gasteiger partial charge in [0.05, 0.1) is 24.1 Å². The number of ether oxygens (including phenoxy) is 2. The van der Waals surface area contributed by atoms with E-state index in [-0.39, 0.29) is 25.0 Å². The zero-order chi connectivity index (χ0) is 23.7. The number of rotatable bonds is 9. The van der Waals surface area contributed by atoms with Crippen molar-refractivity contribution in [3.05, 3.63) is 77.6 Å². The molecule has 0 spiro atoms. The normalized spacial score (nSPS) is 16.1. The molecule has 1 heterocycles. The Kier molecular flexibility index (Phi) is 8.34. The second kappa shape index (κ2) is 11.4. The summed E-state index contributed by atoms with van der Waals surface area (Å²) in [6.45, 7) is 2.91. The SMILES string of the molecule is CC(=NOCc1ccc(C(F)(F)F)cc1)c1ccc(OCC(=O)NCC2C=COCC2)cc1. The van der Waals surface area contributed by atoms with Crippen LogP contribution in [-0.2, 0) is 27.2 Å². The highest BCUT2D eigenvalue weighted by atomic mass is 19.4. The van der Waals surface area contributed by atoms with Crippen molar-refractivity contribution in [3.63, 3.8) is 0 Å². The Morgan fingerprint density at radius 3 is 2.52 bits per heavy atom. The average Bonchev–Trinajstić information content (AvgIpc) is 2.82. The largest absolute Gasteiger partial charge is 0.501 e. The van der Waals surface area contributed by atoms with E-state index >= 15 is 0 Å². The summed E-state index contributed by atoms with van der Waals surface area (Å²) in [6.07, 6.45) is 0.0914. The Morgan fingerprint density at radius 2 is 1.88 bits per heavy atom. The van der Waals surface area contributed by atoms with Gasteiger partial charge in [0.2, 0.25) is 0 Å². The molecule has 6 nitrogen and oxygen atoms in total. The summed E-state index contributed by atoms with van der Waals surface area (Å²) >= 11 is 0. The van der Waals surface area contributed by atoms with Crippen molar-refractivity contribution in [2.24, 2.45) is 11.1 Å². The molecule has 1 aliphatic heterocycles. The van der Waals surface area contributed by atoms with Crippen LogP contribution in [0.5, 0.6) is 5.75 Å². The summed E-state index contributed by atoms with van der Waals surface area (Å²) in [6, 6.07) is 11.7. The number of amides is 1. The smallest absolute Gasteiger partial charge is 0.416 e. The van der Waals surface area contributed by atoms with Crippen molar-refractivity contribution in [2.75, 3.05) is 19.8 Å². The minimum absolute atomic E-state index is 0.0510. The Balaban J connectivity index is 1.41. The third-order valence-corrected chi connectivity index (χ3v) is 4.97. The number of hydrogen-bond acceptors (Lipinski definition) is 5. The van der Waals surface area contributed by atoms with Gasteiger partial charge < -0.3 is 19.6 Å². The maximum atomic E-state index is 12.6. The summed E-state index contributed by atoms with van der Waals surface area (Å²) < 4.78 is 48.4. The molecule has 2 aromatic carbocycles. The topological polar surface area (TPSA) is 69.2 Å². The van der Waals surface area contributed by atoms with Gasteiger partial charge in [-0.1, -0.05) is 17.3 Å². The van der Waals surface area contributed by atoms with Crippen molar-refractivity contribution in [2.45, 2.75) is 26.1 Å². The molecule has 2 aromatic rings. The molecule has 0 aromatic heterocycles. The lowest BCUT2D eigenvalue weighted by Crippen LogP contribution is -2.33. The van der Waals surface area contributed by atoms with Crippen molar-refractivity contribution >= 4 is 11.6 Å². The lowest BCUT2D eigenvalue weighted by atomic mass is 10.1. The third kappa shape index (κ3) is 7.85. The first kappa shape index (κ1) is 24.2. The van der Waals surface area contributed by atoms with Gasteiger partial charge in [-0.25, -0.2) is 0 Å². The molecule has 1 aliphatic rings. The first-order valence-corrected chi connectivity index (χ1v) is 10.4. The first-order chi connectivity index (χ1) is 15.8. The van der Waals surface area contributed by atoms with E-state index in [0.29, 0.717) is 30.2 Å². The molecular formula is C24H25F3N2O4. The predicted octanol–water partition coefficient (Wildman–Crippen LogP) is 4.69. The molecule has 1 atom stereocenters. The second-order valence-electron chi connectivity index (χ2n) is 7.51. The number of halogens is 3. The first-order valence-electron chi connectivity index (χ1n) is 10.4. The van der Waals surface area contributed by atoms with Gasteiger partial charge in [-0.05, 0) is 66.9 Å². The van der Waals surface area contributed by atoms with Crippen LogP contribution in [0.1, 0.15) is 30.0 Å². The maximum absolute atomic E-state index is 12.6. The Labute approximate surface area is 190 Å². The van der Waals surface area contributed by atoms with Crippen LogP contribution in [0.2, 0.25) is 0 Å². The Bertz CT molecular complexity index is 971. The molecule has 1 unspecified atom stereocenters. The fourth-order valence-corrected chi connectivity index (χ4v) is 3.00. The molecule has 0 bridgehead atoms. The minimum Gasteiger partial charge on any atom is -0.501 e. The van der Waals surface area contributed by atoms with Gasteiger partial charge in [0, 0.05) is 12.5 Å². The highest BCUT2D eigenvalue weighted by Crippen LogP contribution is 2.29. The molecule has 0 saturated carbocycles. The van der Waals surface area contributed by atoms with E-state index in [0.717, 1.165) is 24.1 Å². The van der Waals surface area contributed by atoms with Crippen LogP contribution in [-0.4, -0.2) is 31.4 Å². The fourth-order valence-electron chi connectivity index (χ4n) is 3.00. The van der Waals surface area contributed by atoms with Crippen molar-refractivity contribution in [3.8, 4) is 5.75 Å². The number of alkyl halides is 3. The van der Waals surface area contributed by atoms with E-state index in [1.807, 2.05) is 6.08 Å². The van der Waals surface area contributed by atoms with E-state index < -0.39 is 11.7 Å². The van der Waals surface area contributed by atoms with Crippen LogP contribution < -0.4 is 10.1 Å². The molecule has 33 heavy (non-hydrogen) atoms. The maximum Gasteiger partial charge on any atom is 0.416 e. The van der Waals surface area contributed by atoms with Crippen molar-refractivity contribution in [1.82, 2.24) is 5.32 Å². The van der Waals surface area contributed by atoms with Crippen LogP contribution in [0.25, 0.3) is 0 Å². The monoisotopic (exact) mass is 462 g/mol. The van der Waals surface area contributed by atoms with Crippen LogP contribution in [0, 0.1) is 5.92 Å². The molecule has 0 fully saturated rings. The number of hydrogen-bond donors (Lipinski definition) is 1. The number of carbonyl (C=O) groups excluding carboxylic acids is 1. The summed E-state index contributed by atoms with van der Waals surface area (Å²) in [5.41, 5.74) is 1.25. The van der Waals surface area contributed by atoms with Gasteiger partial charge in [0.15, 0.2) is 6.61 Å². The van der Waals surface area contributed by atoms with E-state index in [1.54, 1.807) is 37.5 Å². The minimum atomic E-state index is -4.36. The second-order valence-corrected chi connectivity index (χ2v) is 7.51. The zero-order valence-electron chi connectivity index (χ0n) is 18.1. The average molecular weight is 462 g/mol. The van der Waals surface area contributed by atoms with Crippen LogP contribution in [0.4, 0.5) is 13.2 Å². The lowest BCUT2D eigenvalue weighted by molar-refractivity contribution is -0.137. The fraction of sp³-hybridized carbons (Fsp3) is 0.333. The highest BCUT2D eigenvalue weighted by Gasteiger charge is 2.29. The predicted molar refractivity (Wildman–Crippen MR) is 117 cm³/mol. The number of benzene rings is 2. The summed E-state index contributed by atoms with van der Waals surface area (Å²) in [4.78, 5) is 17.2.